The van der Waals surface area contributed by atoms with Gasteiger partial charge in [-0.25, -0.2) is 0 Å². The van der Waals surface area contributed by atoms with Gasteiger partial charge in [-0.3, -0.25) is 19.1 Å². The Kier molecular flexibility index (Phi) is 7.37. The van der Waals surface area contributed by atoms with Gasteiger partial charge in [-0.05, 0) is 98.2 Å². The van der Waals surface area contributed by atoms with Crippen LogP contribution in [-0.2, 0) is 37.4 Å². The standard InChI is InChI=1S/C36H48N4O5/c1-22-24-9-10-27-34(4,25(24)17-26(41)30(22)45-21-29(42)37-19-23-20-40(7)39-38-23)14-16-36(6)28-18-33(3,31(43)44-8)12-11-32(28,2)13-15-35(27,36)5/h9-10,17,20,28H,11-16,18-19,21H2,1-8H3,(H,37,42)/t28-,32-,33-,34+,35-,36+/m1/s1. The minimum absolute atomic E-state index is 0.00345. The van der Waals surface area contributed by atoms with Crippen molar-refractivity contribution in [3.63, 3.8) is 0 Å². The molecule has 5 aliphatic rings. The Labute approximate surface area is 266 Å². The molecule has 6 atom stereocenters. The molecule has 3 fully saturated rings. The summed E-state index contributed by atoms with van der Waals surface area (Å²) in [7, 11) is 3.28. The number of ketones is 1. The molecule has 0 unspecified atom stereocenters. The number of nitrogens with one attached hydrogen (secondary N) is 1. The van der Waals surface area contributed by atoms with E-state index in [1.807, 2.05) is 6.92 Å². The second-order valence-electron chi connectivity index (χ2n) is 15.5. The number of carbonyl (C=O) groups excluding carboxylic acids is 3. The average molecular weight is 617 g/mol. The molecule has 0 aromatic carbocycles. The van der Waals surface area contributed by atoms with Crippen LogP contribution in [-0.4, -0.2) is 46.4 Å². The van der Waals surface area contributed by atoms with Crippen molar-refractivity contribution in [3.8, 4) is 0 Å². The zero-order chi connectivity index (χ0) is 32.6. The first-order chi connectivity index (χ1) is 21.1. The molecule has 0 spiro atoms. The fourth-order valence-electron chi connectivity index (χ4n) is 9.91. The summed E-state index contributed by atoms with van der Waals surface area (Å²) in [4.78, 5) is 39.1. The summed E-state index contributed by atoms with van der Waals surface area (Å²) in [5.74, 6) is 0.00950. The average Bonchev–Trinajstić information content (AvgIpc) is 3.43. The van der Waals surface area contributed by atoms with Gasteiger partial charge in [0.1, 0.15) is 5.69 Å². The lowest BCUT2D eigenvalue weighted by atomic mass is 9.34. The van der Waals surface area contributed by atoms with Crippen molar-refractivity contribution in [2.24, 2.45) is 40.0 Å². The monoisotopic (exact) mass is 616 g/mol. The first-order valence-electron chi connectivity index (χ1n) is 16.3. The number of amides is 1. The first kappa shape index (κ1) is 31.5. The van der Waals surface area contributed by atoms with Crippen LogP contribution in [0.3, 0.4) is 0 Å². The van der Waals surface area contributed by atoms with Crippen molar-refractivity contribution >= 4 is 17.7 Å². The first-order valence-corrected chi connectivity index (χ1v) is 16.3. The van der Waals surface area contributed by atoms with Crippen molar-refractivity contribution < 1.29 is 23.9 Å². The summed E-state index contributed by atoms with van der Waals surface area (Å²) >= 11 is 0. The Morgan fingerprint density at radius 1 is 1.04 bits per heavy atom. The van der Waals surface area contributed by atoms with Gasteiger partial charge in [0.05, 0.1) is 19.1 Å². The second kappa shape index (κ2) is 10.5. The summed E-state index contributed by atoms with van der Waals surface area (Å²) in [6, 6.07) is 0. The van der Waals surface area contributed by atoms with Crippen molar-refractivity contribution in [1.29, 1.82) is 0 Å². The van der Waals surface area contributed by atoms with E-state index in [0.29, 0.717) is 11.6 Å². The van der Waals surface area contributed by atoms with E-state index >= 15 is 0 Å². The number of aryl methyl sites for hydroxylation is 1. The molecule has 1 N–H and O–H groups in total. The van der Waals surface area contributed by atoms with Gasteiger partial charge in [0.15, 0.2) is 12.4 Å². The highest BCUT2D eigenvalue weighted by molar-refractivity contribution is 6.07. The van der Waals surface area contributed by atoms with Crippen LogP contribution in [0.25, 0.3) is 0 Å². The molecule has 6 rings (SSSR count). The topological polar surface area (TPSA) is 112 Å². The third-order valence-electron chi connectivity index (χ3n) is 13.0. The molecular weight excluding hydrogens is 568 g/mol. The van der Waals surface area contributed by atoms with Gasteiger partial charge >= 0.3 is 5.97 Å². The molecule has 1 heterocycles. The van der Waals surface area contributed by atoms with E-state index < -0.39 is 5.41 Å². The molecule has 0 bridgehead atoms. The minimum Gasteiger partial charge on any atom is -0.479 e. The Hall–Kier alpha value is -3.49. The summed E-state index contributed by atoms with van der Waals surface area (Å²) in [5.41, 5.74) is 4.25. The fourth-order valence-corrected chi connectivity index (χ4v) is 9.91. The lowest BCUT2D eigenvalue weighted by Gasteiger charge is -2.70. The van der Waals surface area contributed by atoms with Crippen LogP contribution in [0.2, 0.25) is 0 Å². The van der Waals surface area contributed by atoms with Crippen molar-refractivity contribution in [2.75, 3.05) is 13.7 Å². The molecular formula is C36H48N4O5. The molecule has 3 saturated carbocycles. The molecule has 0 saturated heterocycles. The number of allylic oxidation sites excluding steroid dienone is 7. The number of nitrogens with zero attached hydrogens (tertiary/aromatic N) is 3. The lowest BCUT2D eigenvalue weighted by molar-refractivity contribution is -0.180. The SMILES string of the molecule is COC(=O)[C@]1(C)CC[C@]2(C)CC[C@]3(C)C4=CC=C5C(=CC(=O)C(OCC(=O)NCc6cn(C)nn6)=C5C)[C@]4(C)CC[C@@]3(C)[C@@H]2C1. The summed E-state index contributed by atoms with van der Waals surface area (Å²) < 4.78 is 12.7. The van der Waals surface area contributed by atoms with Gasteiger partial charge in [0, 0.05) is 24.2 Å². The second-order valence-corrected chi connectivity index (χ2v) is 15.5. The van der Waals surface area contributed by atoms with Gasteiger partial charge in [-0.2, -0.15) is 0 Å². The van der Waals surface area contributed by atoms with Crippen LogP contribution >= 0.6 is 0 Å². The van der Waals surface area contributed by atoms with E-state index in [2.05, 4.69) is 62.4 Å². The van der Waals surface area contributed by atoms with Crippen molar-refractivity contribution in [3.05, 3.63) is 58.2 Å². The zero-order valence-corrected chi connectivity index (χ0v) is 28.1. The summed E-state index contributed by atoms with van der Waals surface area (Å²) in [6.07, 6.45) is 14.9. The molecule has 1 aromatic heterocycles. The molecule has 45 heavy (non-hydrogen) atoms. The van der Waals surface area contributed by atoms with Gasteiger partial charge < -0.3 is 14.8 Å². The number of aromatic nitrogens is 3. The van der Waals surface area contributed by atoms with E-state index in [1.165, 1.54) is 12.7 Å². The van der Waals surface area contributed by atoms with Gasteiger partial charge in [0.2, 0.25) is 5.78 Å². The minimum atomic E-state index is -0.460. The van der Waals surface area contributed by atoms with Crippen molar-refractivity contribution in [1.82, 2.24) is 20.3 Å². The van der Waals surface area contributed by atoms with E-state index in [-0.39, 0.29) is 58.2 Å². The quantitative estimate of drug-likeness (QED) is 0.409. The maximum absolute atomic E-state index is 13.6. The fraction of sp³-hybridized carbons (Fsp3) is 0.639. The van der Waals surface area contributed by atoms with Crippen LogP contribution in [0.15, 0.2) is 52.5 Å². The maximum Gasteiger partial charge on any atom is 0.311 e. The number of methoxy groups -OCH3 is 1. The molecule has 1 amide bonds. The highest BCUT2D eigenvalue weighted by Gasteiger charge is 2.67. The number of carbonyl (C=O) groups is 3. The van der Waals surface area contributed by atoms with Crippen molar-refractivity contribution in [2.45, 2.75) is 93.0 Å². The highest BCUT2D eigenvalue weighted by atomic mass is 16.5. The largest absolute Gasteiger partial charge is 0.479 e. The smallest absolute Gasteiger partial charge is 0.311 e. The predicted octanol–water partition coefficient (Wildman–Crippen LogP) is 5.69. The van der Waals surface area contributed by atoms with Crippen LogP contribution in [0.5, 0.6) is 0 Å². The normalized spacial score (nSPS) is 37.2. The third-order valence-corrected chi connectivity index (χ3v) is 13.0. The van der Waals surface area contributed by atoms with Crippen LogP contribution in [0.4, 0.5) is 0 Å². The van der Waals surface area contributed by atoms with E-state index in [0.717, 1.165) is 61.7 Å². The molecule has 242 valence electrons. The molecule has 9 heteroatoms. The molecule has 0 aliphatic heterocycles. The number of esters is 1. The van der Waals surface area contributed by atoms with Gasteiger partial charge in [0.25, 0.3) is 5.91 Å². The third kappa shape index (κ3) is 4.66. The maximum atomic E-state index is 13.6. The van der Waals surface area contributed by atoms with Gasteiger partial charge in [-0.15, -0.1) is 5.10 Å². The Morgan fingerprint density at radius 3 is 2.47 bits per heavy atom. The number of rotatable bonds is 6. The molecule has 1 aromatic rings. The summed E-state index contributed by atoms with van der Waals surface area (Å²) in [5, 5.41) is 10.6. The molecule has 5 aliphatic carbocycles. The number of fused-ring (bicyclic) bond motifs is 7. The molecule has 9 nitrogen and oxygen atoms in total. The van der Waals surface area contributed by atoms with Gasteiger partial charge in [-0.1, -0.05) is 50.6 Å². The van der Waals surface area contributed by atoms with E-state index in [1.54, 1.807) is 24.0 Å². The Bertz CT molecular complexity index is 1600. The molecule has 0 radical (unpaired) electrons. The lowest BCUT2D eigenvalue weighted by Crippen LogP contribution is -2.62. The highest BCUT2D eigenvalue weighted by Crippen LogP contribution is 2.75. The summed E-state index contributed by atoms with van der Waals surface area (Å²) in [6.45, 7) is 13.7. The van der Waals surface area contributed by atoms with Crippen LogP contribution in [0.1, 0.15) is 92.2 Å². The number of hydrogen-bond donors (Lipinski definition) is 1. The Balaban J connectivity index is 1.27. The van der Waals surface area contributed by atoms with Crippen LogP contribution in [0, 0.1) is 33.0 Å². The Morgan fingerprint density at radius 2 is 1.78 bits per heavy atom. The predicted molar refractivity (Wildman–Crippen MR) is 169 cm³/mol. The van der Waals surface area contributed by atoms with Crippen LogP contribution < -0.4 is 5.32 Å². The van der Waals surface area contributed by atoms with E-state index in [4.69, 9.17) is 9.47 Å². The zero-order valence-electron chi connectivity index (χ0n) is 28.1. The number of ether oxygens (including phenoxy) is 2. The number of hydrogen-bond acceptors (Lipinski definition) is 7. The van der Waals surface area contributed by atoms with E-state index in [9.17, 15) is 14.4 Å².